The lowest BCUT2D eigenvalue weighted by atomic mass is 10.1. The van der Waals surface area contributed by atoms with Crippen LogP contribution in [0, 0.1) is 0 Å². The topological polar surface area (TPSA) is 101 Å². The Morgan fingerprint density at radius 2 is 1.80 bits per heavy atom. The van der Waals surface area contributed by atoms with Gasteiger partial charge >= 0.3 is 5.97 Å². The van der Waals surface area contributed by atoms with Gasteiger partial charge in [-0.2, -0.15) is 0 Å². The molecule has 0 aliphatic carbocycles. The molecule has 0 spiro atoms. The quantitative estimate of drug-likeness (QED) is 0.599. The first-order chi connectivity index (χ1) is 12.1. The van der Waals surface area contributed by atoms with Crippen LogP contribution in [0.4, 0.5) is 11.5 Å². The predicted octanol–water partition coefficient (Wildman–Crippen LogP) is 2.83. The zero-order valence-corrected chi connectivity index (χ0v) is 13.5. The van der Waals surface area contributed by atoms with Crippen LogP contribution in [0.5, 0.6) is 0 Å². The standard InChI is InChI=1S/C19H18N4O2/c20-15-8-6-14(7-9-15)16-11-18(22-12-21-16)23-17(19(24)25)10-13-4-2-1-3-5-13/h1-9,11-12,17H,10,20H2,(H,24,25)(H,21,22,23)/t17-/m0/s1. The summed E-state index contributed by atoms with van der Waals surface area (Å²) in [5.41, 5.74) is 8.89. The third-order valence-corrected chi connectivity index (χ3v) is 3.78. The molecule has 0 saturated heterocycles. The second kappa shape index (κ2) is 7.44. The number of aliphatic carboxylic acids is 1. The Morgan fingerprint density at radius 3 is 2.48 bits per heavy atom. The predicted molar refractivity (Wildman–Crippen MR) is 97.1 cm³/mol. The normalized spacial score (nSPS) is 11.7. The summed E-state index contributed by atoms with van der Waals surface area (Å²) in [6.07, 6.45) is 1.77. The molecule has 0 aliphatic rings. The van der Waals surface area contributed by atoms with Crippen LogP contribution in [0.2, 0.25) is 0 Å². The van der Waals surface area contributed by atoms with Gasteiger partial charge in [0.05, 0.1) is 5.69 Å². The number of aromatic nitrogens is 2. The molecule has 3 rings (SSSR count). The highest BCUT2D eigenvalue weighted by Crippen LogP contribution is 2.20. The minimum atomic E-state index is -0.934. The number of hydrogen-bond acceptors (Lipinski definition) is 5. The molecule has 126 valence electrons. The van der Waals surface area contributed by atoms with Gasteiger partial charge in [0.2, 0.25) is 0 Å². The van der Waals surface area contributed by atoms with E-state index in [1.54, 1.807) is 18.2 Å². The van der Waals surface area contributed by atoms with Gasteiger partial charge in [0.15, 0.2) is 0 Å². The van der Waals surface area contributed by atoms with Gasteiger partial charge in [-0.1, -0.05) is 42.5 Å². The van der Waals surface area contributed by atoms with Gasteiger partial charge in [-0.15, -0.1) is 0 Å². The number of anilines is 2. The summed E-state index contributed by atoms with van der Waals surface area (Å²) in [6, 6.07) is 17.7. The molecule has 25 heavy (non-hydrogen) atoms. The summed E-state index contributed by atoms with van der Waals surface area (Å²) in [6.45, 7) is 0. The van der Waals surface area contributed by atoms with Gasteiger partial charge in [0, 0.05) is 23.7 Å². The number of nitrogens with two attached hydrogens (primary N) is 1. The van der Waals surface area contributed by atoms with Crippen molar-refractivity contribution in [3.63, 3.8) is 0 Å². The van der Waals surface area contributed by atoms with Gasteiger partial charge in [0.1, 0.15) is 18.2 Å². The van der Waals surface area contributed by atoms with E-state index in [1.807, 2.05) is 42.5 Å². The van der Waals surface area contributed by atoms with Crippen LogP contribution in [0.25, 0.3) is 11.3 Å². The summed E-state index contributed by atoms with van der Waals surface area (Å²) >= 11 is 0. The highest BCUT2D eigenvalue weighted by Gasteiger charge is 2.18. The van der Waals surface area contributed by atoms with Crippen LogP contribution < -0.4 is 11.1 Å². The monoisotopic (exact) mass is 334 g/mol. The van der Waals surface area contributed by atoms with Gasteiger partial charge in [-0.25, -0.2) is 14.8 Å². The molecule has 3 aromatic rings. The number of benzene rings is 2. The molecule has 1 atom stereocenters. The number of rotatable bonds is 6. The Bertz CT molecular complexity index is 851. The van der Waals surface area contributed by atoms with Gasteiger partial charge < -0.3 is 16.2 Å². The summed E-state index contributed by atoms with van der Waals surface area (Å²) < 4.78 is 0. The van der Waals surface area contributed by atoms with E-state index >= 15 is 0 Å². The Labute approximate surface area is 145 Å². The van der Waals surface area contributed by atoms with E-state index < -0.39 is 12.0 Å². The molecule has 0 amide bonds. The lowest BCUT2D eigenvalue weighted by Gasteiger charge is -2.15. The molecule has 2 aromatic carbocycles. The van der Waals surface area contributed by atoms with Crippen LogP contribution in [-0.4, -0.2) is 27.1 Å². The van der Waals surface area contributed by atoms with Gasteiger partial charge in [-0.3, -0.25) is 0 Å². The number of hydrogen-bond donors (Lipinski definition) is 3. The Kier molecular flexibility index (Phi) is 4.89. The van der Waals surface area contributed by atoms with Crippen LogP contribution in [-0.2, 0) is 11.2 Å². The molecule has 0 saturated carbocycles. The van der Waals surface area contributed by atoms with E-state index in [0.717, 1.165) is 11.1 Å². The fraction of sp³-hybridized carbons (Fsp3) is 0.105. The Balaban J connectivity index is 1.79. The molecular formula is C19H18N4O2. The number of nitrogens with zero attached hydrogens (tertiary/aromatic N) is 2. The average molecular weight is 334 g/mol. The average Bonchev–Trinajstić information content (AvgIpc) is 2.63. The maximum Gasteiger partial charge on any atom is 0.326 e. The summed E-state index contributed by atoms with van der Waals surface area (Å²) in [7, 11) is 0. The Hall–Kier alpha value is -3.41. The fourth-order valence-electron chi connectivity index (χ4n) is 2.48. The molecule has 1 heterocycles. The third kappa shape index (κ3) is 4.32. The van der Waals surface area contributed by atoms with Crippen LogP contribution in [0.3, 0.4) is 0 Å². The highest BCUT2D eigenvalue weighted by molar-refractivity contribution is 5.77. The molecule has 0 unspecified atom stereocenters. The van der Waals surface area contributed by atoms with Crippen molar-refractivity contribution in [2.45, 2.75) is 12.5 Å². The smallest absolute Gasteiger partial charge is 0.326 e. The number of carboxylic acids is 1. The van der Waals surface area contributed by atoms with E-state index in [9.17, 15) is 9.90 Å². The molecule has 0 fully saturated rings. The molecule has 0 bridgehead atoms. The third-order valence-electron chi connectivity index (χ3n) is 3.78. The first kappa shape index (κ1) is 16.4. The van der Waals surface area contributed by atoms with E-state index in [2.05, 4.69) is 15.3 Å². The second-order valence-corrected chi connectivity index (χ2v) is 5.64. The van der Waals surface area contributed by atoms with Crippen LogP contribution in [0.15, 0.2) is 67.0 Å². The molecule has 0 radical (unpaired) electrons. The number of carboxylic acid groups (broad SMARTS) is 1. The lowest BCUT2D eigenvalue weighted by molar-refractivity contribution is -0.137. The second-order valence-electron chi connectivity index (χ2n) is 5.64. The van der Waals surface area contributed by atoms with Crippen molar-refractivity contribution in [1.82, 2.24) is 9.97 Å². The fourth-order valence-corrected chi connectivity index (χ4v) is 2.48. The summed E-state index contributed by atoms with van der Waals surface area (Å²) in [5, 5.41) is 12.5. The van der Waals surface area contributed by atoms with Crippen LogP contribution in [0.1, 0.15) is 5.56 Å². The van der Waals surface area contributed by atoms with Crippen molar-refractivity contribution in [2.75, 3.05) is 11.1 Å². The van der Waals surface area contributed by atoms with E-state index in [1.165, 1.54) is 6.33 Å². The number of nitrogen functional groups attached to an aromatic ring is 1. The first-order valence-corrected chi connectivity index (χ1v) is 7.83. The molecule has 6 nitrogen and oxygen atoms in total. The minimum Gasteiger partial charge on any atom is -0.480 e. The summed E-state index contributed by atoms with van der Waals surface area (Å²) in [5.74, 6) is -0.471. The molecular weight excluding hydrogens is 316 g/mol. The Morgan fingerprint density at radius 1 is 1.08 bits per heavy atom. The molecule has 6 heteroatoms. The van der Waals surface area contributed by atoms with Crippen molar-refractivity contribution < 1.29 is 9.90 Å². The van der Waals surface area contributed by atoms with Crippen molar-refractivity contribution >= 4 is 17.5 Å². The highest BCUT2D eigenvalue weighted by atomic mass is 16.4. The van der Waals surface area contributed by atoms with E-state index in [4.69, 9.17) is 5.73 Å². The van der Waals surface area contributed by atoms with Crippen molar-refractivity contribution in [3.8, 4) is 11.3 Å². The number of carbonyl (C=O) groups is 1. The molecule has 1 aromatic heterocycles. The van der Waals surface area contributed by atoms with Crippen molar-refractivity contribution in [2.24, 2.45) is 0 Å². The molecule has 4 N–H and O–H groups in total. The SMILES string of the molecule is Nc1ccc(-c2cc(N[C@@H](Cc3ccccc3)C(=O)O)ncn2)cc1. The number of nitrogens with one attached hydrogen (secondary N) is 1. The summed E-state index contributed by atoms with van der Waals surface area (Å²) in [4.78, 5) is 20.0. The van der Waals surface area contributed by atoms with Crippen molar-refractivity contribution in [1.29, 1.82) is 0 Å². The van der Waals surface area contributed by atoms with Gasteiger partial charge in [-0.05, 0) is 17.7 Å². The maximum absolute atomic E-state index is 11.6. The molecule has 0 aliphatic heterocycles. The van der Waals surface area contributed by atoms with Crippen molar-refractivity contribution in [3.05, 3.63) is 72.6 Å². The first-order valence-electron chi connectivity index (χ1n) is 7.83. The van der Waals surface area contributed by atoms with E-state index in [0.29, 0.717) is 23.6 Å². The zero-order chi connectivity index (χ0) is 17.6. The maximum atomic E-state index is 11.6. The van der Waals surface area contributed by atoms with Crippen LogP contribution >= 0.6 is 0 Å². The lowest BCUT2D eigenvalue weighted by Crippen LogP contribution is -2.31. The largest absolute Gasteiger partial charge is 0.480 e. The van der Waals surface area contributed by atoms with E-state index in [-0.39, 0.29) is 0 Å². The zero-order valence-electron chi connectivity index (χ0n) is 13.5. The minimum absolute atomic E-state index is 0.359. The van der Waals surface area contributed by atoms with Gasteiger partial charge in [0.25, 0.3) is 0 Å².